The number of aromatic nitrogens is 2. The van der Waals surface area contributed by atoms with Gasteiger partial charge in [0, 0.05) is 0 Å². The Morgan fingerprint density at radius 3 is 3.06 bits per heavy atom. The minimum absolute atomic E-state index is 0.0656. The molecule has 2 N–H and O–H groups in total. The molecular weight excluding hydrogens is 244 g/mol. The predicted octanol–water partition coefficient (Wildman–Crippen LogP) is 0.294. The van der Waals surface area contributed by atoms with Gasteiger partial charge in [-0.1, -0.05) is 0 Å². The molecule has 0 bridgehead atoms. The van der Waals surface area contributed by atoms with Crippen molar-refractivity contribution in [1.29, 1.82) is 0 Å². The SMILES string of the molecule is O=C(O)CC(O)Cn1cnc2sccc2c1=O. The fourth-order valence-electron chi connectivity index (χ4n) is 1.52. The van der Waals surface area contributed by atoms with Crippen LogP contribution in [0.25, 0.3) is 10.2 Å². The summed E-state index contributed by atoms with van der Waals surface area (Å²) in [6.45, 7) is -0.0656. The molecule has 0 amide bonds. The Balaban J connectivity index is 2.27. The molecule has 2 heterocycles. The summed E-state index contributed by atoms with van der Waals surface area (Å²) in [6, 6.07) is 1.66. The summed E-state index contributed by atoms with van der Waals surface area (Å²) >= 11 is 1.36. The lowest BCUT2D eigenvalue weighted by Crippen LogP contribution is -2.28. The van der Waals surface area contributed by atoms with Crippen LogP contribution in [0.5, 0.6) is 0 Å². The van der Waals surface area contributed by atoms with E-state index >= 15 is 0 Å². The van der Waals surface area contributed by atoms with Gasteiger partial charge in [-0.3, -0.25) is 14.2 Å². The van der Waals surface area contributed by atoms with Gasteiger partial charge in [-0.25, -0.2) is 4.98 Å². The average molecular weight is 254 g/mol. The van der Waals surface area contributed by atoms with Crippen molar-refractivity contribution in [3.05, 3.63) is 28.1 Å². The summed E-state index contributed by atoms with van der Waals surface area (Å²) in [5, 5.41) is 20.2. The van der Waals surface area contributed by atoms with Gasteiger partial charge >= 0.3 is 5.97 Å². The minimum atomic E-state index is -1.10. The smallest absolute Gasteiger partial charge is 0.306 e. The van der Waals surface area contributed by atoms with Crippen LogP contribution in [0.4, 0.5) is 0 Å². The number of thiophene rings is 1. The Morgan fingerprint density at radius 1 is 1.59 bits per heavy atom. The first-order valence-corrected chi connectivity index (χ1v) is 5.78. The molecule has 1 atom stereocenters. The average Bonchev–Trinajstić information content (AvgIpc) is 2.69. The maximum Gasteiger partial charge on any atom is 0.306 e. The van der Waals surface area contributed by atoms with Crippen LogP contribution in [0, 0.1) is 0 Å². The van der Waals surface area contributed by atoms with E-state index in [9.17, 15) is 14.7 Å². The molecular formula is C10H10N2O4S. The number of fused-ring (bicyclic) bond motifs is 1. The first kappa shape index (κ1) is 11.7. The maximum absolute atomic E-state index is 11.9. The Morgan fingerprint density at radius 2 is 2.35 bits per heavy atom. The normalized spacial score (nSPS) is 12.8. The number of carbonyl (C=O) groups is 1. The second-order valence-electron chi connectivity index (χ2n) is 3.59. The third-order valence-corrected chi connectivity index (χ3v) is 3.09. The van der Waals surface area contributed by atoms with E-state index in [4.69, 9.17) is 5.11 Å². The number of aliphatic hydroxyl groups excluding tert-OH is 1. The summed E-state index contributed by atoms with van der Waals surface area (Å²) in [5.41, 5.74) is -0.263. The van der Waals surface area contributed by atoms with E-state index in [0.29, 0.717) is 10.2 Å². The monoisotopic (exact) mass is 254 g/mol. The van der Waals surface area contributed by atoms with Crippen LogP contribution in [0.1, 0.15) is 6.42 Å². The zero-order valence-electron chi connectivity index (χ0n) is 8.74. The molecule has 0 fully saturated rings. The van der Waals surface area contributed by atoms with E-state index in [2.05, 4.69) is 4.98 Å². The third-order valence-electron chi connectivity index (χ3n) is 2.27. The Kier molecular flexibility index (Phi) is 3.21. The lowest BCUT2D eigenvalue weighted by atomic mass is 10.2. The van der Waals surface area contributed by atoms with Crippen molar-refractivity contribution in [2.24, 2.45) is 0 Å². The van der Waals surface area contributed by atoms with Crippen molar-refractivity contribution < 1.29 is 15.0 Å². The summed E-state index contributed by atoms with van der Waals surface area (Å²) in [7, 11) is 0. The van der Waals surface area contributed by atoms with Gasteiger partial charge in [0.25, 0.3) is 5.56 Å². The van der Waals surface area contributed by atoms with Crippen molar-refractivity contribution in [3.63, 3.8) is 0 Å². The van der Waals surface area contributed by atoms with Crippen LogP contribution in [0.2, 0.25) is 0 Å². The van der Waals surface area contributed by atoms with Crippen molar-refractivity contribution in [3.8, 4) is 0 Å². The van der Waals surface area contributed by atoms with E-state index in [1.54, 1.807) is 11.4 Å². The quantitative estimate of drug-likeness (QED) is 0.818. The predicted molar refractivity (Wildman–Crippen MR) is 62.1 cm³/mol. The van der Waals surface area contributed by atoms with E-state index < -0.39 is 18.5 Å². The van der Waals surface area contributed by atoms with Crippen LogP contribution < -0.4 is 5.56 Å². The van der Waals surface area contributed by atoms with Gasteiger partial charge in [0.05, 0.1) is 30.8 Å². The van der Waals surface area contributed by atoms with E-state index in [1.165, 1.54) is 22.2 Å². The van der Waals surface area contributed by atoms with Crippen LogP contribution in [0.15, 0.2) is 22.6 Å². The summed E-state index contributed by atoms with van der Waals surface area (Å²) in [6.07, 6.45) is -0.163. The molecule has 0 radical (unpaired) electrons. The standard InChI is InChI=1S/C10H10N2O4S/c13-6(3-8(14)15)4-12-5-11-9-7(10(12)16)1-2-17-9/h1-2,5-6,13H,3-4H2,(H,14,15). The summed E-state index contributed by atoms with van der Waals surface area (Å²) < 4.78 is 1.22. The molecule has 0 aliphatic heterocycles. The highest BCUT2D eigenvalue weighted by Crippen LogP contribution is 2.13. The molecule has 2 aromatic heterocycles. The van der Waals surface area contributed by atoms with Crippen molar-refractivity contribution in [2.75, 3.05) is 0 Å². The third kappa shape index (κ3) is 2.51. The number of carboxylic acid groups (broad SMARTS) is 1. The molecule has 0 spiro atoms. The topological polar surface area (TPSA) is 92.4 Å². The van der Waals surface area contributed by atoms with Gasteiger partial charge in [-0.2, -0.15) is 0 Å². The van der Waals surface area contributed by atoms with Crippen LogP contribution in [-0.2, 0) is 11.3 Å². The van der Waals surface area contributed by atoms with E-state index in [1.807, 2.05) is 0 Å². The second kappa shape index (κ2) is 4.64. The van der Waals surface area contributed by atoms with Gasteiger partial charge in [0.15, 0.2) is 0 Å². The van der Waals surface area contributed by atoms with Crippen molar-refractivity contribution >= 4 is 27.5 Å². The van der Waals surface area contributed by atoms with Gasteiger partial charge in [0.1, 0.15) is 4.83 Å². The number of hydrogen-bond acceptors (Lipinski definition) is 5. The fraction of sp³-hybridized carbons (Fsp3) is 0.300. The van der Waals surface area contributed by atoms with Crippen LogP contribution in [0.3, 0.4) is 0 Å². The summed E-state index contributed by atoms with van der Waals surface area (Å²) in [5.74, 6) is -1.10. The number of aliphatic carboxylic acids is 1. The maximum atomic E-state index is 11.9. The Hall–Kier alpha value is -1.73. The fourth-order valence-corrected chi connectivity index (χ4v) is 2.24. The number of nitrogens with zero attached hydrogens (tertiary/aromatic N) is 2. The van der Waals surface area contributed by atoms with Gasteiger partial charge in [-0.05, 0) is 11.4 Å². The first-order valence-electron chi connectivity index (χ1n) is 4.90. The highest BCUT2D eigenvalue weighted by atomic mass is 32.1. The Labute approximate surface area is 99.8 Å². The molecule has 0 aromatic carbocycles. The molecule has 0 saturated carbocycles. The zero-order chi connectivity index (χ0) is 12.4. The minimum Gasteiger partial charge on any atom is -0.481 e. The number of rotatable bonds is 4. The molecule has 6 nitrogen and oxygen atoms in total. The highest BCUT2D eigenvalue weighted by Gasteiger charge is 2.12. The van der Waals surface area contributed by atoms with Crippen molar-refractivity contribution in [2.45, 2.75) is 19.1 Å². The number of hydrogen-bond donors (Lipinski definition) is 2. The van der Waals surface area contributed by atoms with Gasteiger partial charge in [0.2, 0.25) is 0 Å². The van der Waals surface area contributed by atoms with Gasteiger partial charge < -0.3 is 10.2 Å². The molecule has 0 aliphatic rings. The van der Waals surface area contributed by atoms with Gasteiger partial charge in [-0.15, -0.1) is 11.3 Å². The number of carboxylic acids is 1. The molecule has 2 rings (SSSR count). The first-order chi connectivity index (χ1) is 8.08. The van der Waals surface area contributed by atoms with Crippen molar-refractivity contribution in [1.82, 2.24) is 9.55 Å². The lowest BCUT2D eigenvalue weighted by Gasteiger charge is -2.09. The lowest BCUT2D eigenvalue weighted by molar-refractivity contribution is -0.139. The molecule has 0 saturated heterocycles. The van der Waals surface area contributed by atoms with E-state index in [-0.39, 0.29) is 12.1 Å². The molecule has 2 aromatic rings. The zero-order valence-corrected chi connectivity index (χ0v) is 9.55. The van der Waals surface area contributed by atoms with E-state index in [0.717, 1.165) is 0 Å². The second-order valence-corrected chi connectivity index (χ2v) is 4.49. The van der Waals surface area contributed by atoms with Crippen LogP contribution in [-0.4, -0.2) is 31.8 Å². The number of aliphatic hydroxyl groups is 1. The van der Waals surface area contributed by atoms with Crippen LogP contribution >= 0.6 is 11.3 Å². The highest BCUT2D eigenvalue weighted by molar-refractivity contribution is 7.16. The largest absolute Gasteiger partial charge is 0.481 e. The molecule has 17 heavy (non-hydrogen) atoms. The molecule has 90 valence electrons. The molecule has 0 aliphatic carbocycles. The molecule has 7 heteroatoms. The summed E-state index contributed by atoms with van der Waals surface area (Å²) in [4.78, 5) is 27.0. The molecule has 1 unspecified atom stereocenters. The Bertz CT molecular complexity index is 604.